The normalized spacial score (nSPS) is 27.7. The molecular weight excluding hydrogens is 272 g/mol. The molecule has 2 atom stereocenters. The molecule has 0 aromatic heterocycles. The van der Waals surface area contributed by atoms with Crippen LogP contribution in [0.5, 0.6) is 0 Å². The standard InChI is InChI=1S/C15H18N2O4/c16-15(5-6-21-9-15)14(20)17-8-10(7-13(18)19)11-3-1-2-4-12(11)17/h1-4,10H,5-9,16H2,(H,18,19). The van der Waals surface area contributed by atoms with Gasteiger partial charge in [-0.25, -0.2) is 0 Å². The second-order valence-electron chi connectivity index (χ2n) is 5.73. The number of carbonyl (C=O) groups excluding carboxylic acids is 1. The Morgan fingerprint density at radius 2 is 2.19 bits per heavy atom. The second kappa shape index (κ2) is 5.13. The molecule has 6 nitrogen and oxygen atoms in total. The summed E-state index contributed by atoms with van der Waals surface area (Å²) in [6.07, 6.45) is 0.503. The summed E-state index contributed by atoms with van der Waals surface area (Å²) in [6, 6.07) is 7.42. The molecule has 0 aliphatic carbocycles. The van der Waals surface area contributed by atoms with Crippen LogP contribution in [0.2, 0.25) is 0 Å². The molecule has 2 heterocycles. The first-order valence-corrected chi connectivity index (χ1v) is 7.00. The summed E-state index contributed by atoms with van der Waals surface area (Å²) in [6.45, 7) is 1.06. The Bertz CT molecular complexity index is 581. The van der Waals surface area contributed by atoms with E-state index in [1.54, 1.807) is 4.90 Å². The van der Waals surface area contributed by atoms with Crippen molar-refractivity contribution in [1.82, 2.24) is 0 Å². The number of carboxylic acids is 1. The van der Waals surface area contributed by atoms with Gasteiger partial charge in [0.2, 0.25) is 5.91 Å². The third kappa shape index (κ3) is 2.41. The minimum Gasteiger partial charge on any atom is -0.481 e. The summed E-state index contributed by atoms with van der Waals surface area (Å²) in [5.41, 5.74) is 6.83. The number of carbonyl (C=O) groups is 2. The minimum absolute atomic E-state index is 0.00879. The van der Waals surface area contributed by atoms with Crippen molar-refractivity contribution in [3.63, 3.8) is 0 Å². The van der Waals surface area contributed by atoms with E-state index in [0.717, 1.165) is 11.3 Å². The topological polar surface area (TPSA) is 92.9 Å². The molecule has 1 aromatic rings. The van der Waals surface area contributed by atoms with E-state index in [1.807, 2.05) is 24.3 Å². The summed E-state index contributed by atoms with van der Waals surface area (Å²) in [7, 11) is 0. The number of benzene rings is 1. The molecule has 6 heteroatoms. The van der Waals surface area contributed by atoms with Gasteiger partial charge in [0, 0.05) is 24.8 Å². The third-order valence-corrected chi connectivity index (χ3v) is 4.21. The summed E-state index contributed by atoms with van der Waals surface area (Å²) < 4.78 is 5.25. The zero-order valence-electron chi connectivity index (χ0n) is 11.6. The van der Waals surface area contributed by atoms with Gasteiger partial charge in [-0.2, -0.15) is 0 Å². The zero-order valence-corrected chi connectivity index (χ0v) is 11.6. The lowest BCUT2D eigenvalue weighted by Crippen LogP contribution is -2.56. The van der Waals surface area contributed by atoms with Crippen LogP contribution >= 0.6 is 0 Å². The van der Waals surface area contributed by atoms with Crippen LogP contribution in [0.1, 0.15) is 24.3 Å². The summed E-state index contributed by atoms with van der Waals surface area (Å²) in [5.74, 6) is -1.23. The SMILES string of the molecule is NC1(C(=O)N2CC(CC(=O)O)c3ccccc32)CCOC1. The van der Waals surface area contributed by atoms with Gasteiger partial charge in [-0.3, -0.25) is 9.59 Å². The minimum atomic E-state index is -0.995. The lowest BCUT2D eigenvalue weighted by atomic mass is 9.98. The van der Waals surface area contributed by atoms with Crippen LogP contribution in [0.15, 0.2) is 24.3 Å². The van der Waals surface area contributed by atoms with Gasteiger partial charge in [-0.15, -0.1) is 0 Å². The molecule has 2 unspecified atom stereocenters. The van der Waals surface area contributed by atoms with Crippen LogP contribution < -0.4 is 10.6 Å². The lowest BCUT2D eigenvalue weighted by Gasteiger charge is -2.28. The number of nitrogens with two attached hydrogens (primary N) is 1. The van der Waals surface area contributed by atoms with Gasteiger partial charge < -0.3 is 20.5 Å². The van der Waals surface area contributed by atoms with E-state index < -0.39 is 11.5 Å². The second-order valence-corrected chi connectivity index (χ2v) is 5.73. The molecular formula is C15H18N2O4. The third-order valence-electron chi connectivity index (χ3n) is 4.21. The van der Waals surface area contributed by atoms with Gasteiger partial charge in [-0.1, -0.05) is 18.2 Å². The number of amides is 1. The van der Waals surface area contributed by atoms with E-state index in [4.69, 9.17) is 15.6 Å². The van der Waals surface area contributed by atoms with Crippen molar-refractivity contribution in [1.29, 1.82) is 0 Å². The van der Waals surface area contributed by atoms with E-state index in [1.165, 1.54) is 0 Å². The van der Waals surface area contributed by atoms with E-state index in [0.29, 0.717) is 19.6 Å². The Balaban J connectivity index is 1.90. The quantitative estimate of drug-likeness (QED) is 0.855. The number of ether oxygens (including phenoxy) is 1. The fourth-order valence-corrected chi connectivity index (χ4v) is 3.09. The number of hydrogen-bond acceptors (Lipinski definition) is 4. The van der Waals surface area contributed by atoms with Crippen molar-refractivity contribution in [2.75, 3.05) is 24.7 Å². The van der Waals surface area contributed by atoms with Crippen LogP contribution in [0.4, 0.5) is 5.69 Å². The molecule has 1 saturated heterocycles. The van der Waals surface area contributed by atoms with Crippen LogP contribution in [0.25, 0.3) is 0 Å². The summed E-state index contributed by atoms with van der Waals surface area (Å²) in [5, 5.41) is 9.04. The largest absolute Gasteiger partial charge is 0.481 e. The highest BCUT2D eigenvalue weighted by atomic mass is 16.5. The van der Waals surface area contributed by atoms with E-state index in [2.05, 4.69) is 0 Å². The van der Waals surface area contributed by atoms with Gasteiger partial charge >= 0.3 is 5.97 Å². The molecule has 1 fully saturated rings. The average Bonchev–Trinajstić information content (AvgIpc) is 3.04. The molecule has 0 saturated carbocycles. The first-order valence-electron chi connectivity index (χ1n) is 7.00. The zero-order chi connectivity index (χ0) is 15.0. The van der Waals surface area contributed by atoms with E-state index in [-0.39, 0.29) is 24.9 Å². The molecule has 3 N–H and O–H groups in total. The fraction of sp³-hybridized carbons (Fsp3) is 0.467. The number of aliphatic carboxylic acids is 1. The molecule has 3 rings (SSSR count). The molecule has 0 radical (unpaired) electrons. The summed E-state index contributed by atoms with van der Waals surface area (Å²) >= 11 is 0. The van der Waals surface area contributed by atoms with Gasteiger partial charge in [0.25, 0.3) is 0 Å². The molecule has 112 valence electrons. The van der Waals surface area contributed by atoms with Crippen molar-refractivity contribution in [3.05, 3.63) is 29.8 Å². The Kier molecular flexibility index (Phi) is 3.43. The summed E-state index contributed by atoms with van der Waals surface area (Å²) in [4.78, 5) is 25.4. The first kappa shape index (κ1) is 14.0. The van der Waals surface area contributed by atoms with E-state index >= 15 is 0 Å². The van der Waals surface area contributed by atoms with Gasteiger partial charge in [0.1, 0.15) is 5.54 Å². The fourth-order valence-electron chi connectivity index (χ4n) is 3.09. The Hall–Kier alpha value is -1.92. The van der Waals surface area contributed by atoms with Crippen molar-refractivity contribution >= 4 is 17.6 Å². The van der Waals surface area contributed by atoms with Crippen molar-refractivity contribution in [3.8, 4) is 0 Å². The Morgan fingerprint density at radius 3 is 2.86 bits per heavy atom. The maximum absolute atomic E-state index is 12.7. The maximum atomic E-state index is 12.7. The first-order chi connectivity index (χ1) is 10.0. The predicted octanol–water partition coefficient (Wildman–Crippen LogP) is 0.709. The number of nitrogens with zero attached hydrogens (tertiary/aromatic N) is 1. The molecule has 2 aliphatic heterocycles. The average molecular weight is 290 g/mol. The molecule has 1 amide bonds. The van der Waals surface area contributed by atoms with Crippen LogP contribution in [-0.4, -0.2) is 42.3 Å². The molecule has 1 aromatic carbocycles. The molecule has 2 aliphatic rings. The van der Waals surface area contributed by atoms with Crippen molar-refractivity contribution in [2.45, 2.75) is 24.3 Å². The Labute approximate surface area is 122 Å². The van der Waals surface area contributed by atoms with E-state index in [9.17, 15) is 9.59 Å². The number of para-hydroxylation sites is 1. The number of anilines is 1. The highest BCUT2D eigenvalue weighted by Gasteiger charge is 2.44. The Morgan fingerprint density at radius 1 is 1.43 bits per heavy atom. The van der Waals surface area contributed by atoms with Gasteiger partial charge in [0.05, 0.1) is 13.0 Å². The number of fused-ring (bicyclic) bond motifs is 1. The van der Waals surface area contributed by atoms with Gasteiger partial charge in [0.15, 0.2) is 0 Å². The maximum Gasteiger partial charge on any atom is 0.304 e. The number of carboxylic acid groups (broad SMARTS) is 1. The van der Waals surface area contributed by atoms with Gasteiger partial charge in [-0.05, 0) is 18.1 Å². The van der Waals surface area contributed by atoms with Crippen LogP contribution in [-0.2, 0) is 14.3 Å². The number of rotatable bonds is 3. The van der Waals surface area contributed by atoms with Crippen molar-refractivity contribution in [2.24, 2.45) is 5.73 Å². The molecule has 0 spiro atoms. The van der Waals surface area contributed by atoms with Crippen LogP contribution in [0.3, 0.4) is 0 Å². The molecule has 0 bridgehead atoms. The van der Waals surface area contributed by atoms with Crippen LogP contribution in [0, 0.1) is 0 Å². The highest BCUT2D eigenvalue weighted by Crippen LogP contribution is 2.39. The monoisotopic (exact) mass is 290 g/mol. The highest BCUT2D eigenvalue weighted by molar-refractivity contribution is 6.02. The number of hydrogen-bond donors (Lipinski definition) is 2. The molecule has 21 heavy (non-hydrogen) atoms. The predicted molar refractivity (Wildman–Crippen MR) is 76.1 cm³/mol. The van der Waals surface area contributed by atoms with Crippen molar-refractivity contribution < 1.29 is 19.4 Å². The smallest absolute Gasteiger partial charge is 0.304 e. The lowest BCUT2D eigenvalue weighted by molar-refractivity contribution is -0.137.